The molecule has 0 saturated heterocycles. The number of nitrogens with zero attached hydrogens (tertiary/aromatic N) is 2. The molecule has 5 nitrogen and oxygen atoms in total. The van der Waals surface area contributed by atoms with Crippen LogP contribution in [0.2, 0.25) is 0 Å². The molecule has 1 unspecified atom stereocenters. The lowest BCUT2D eigenvalue weighted by Crippen LogP contribution is -2.34. The molecule has 0 N–H and O–H groups in total. The third-order valence-corrected chi connectivity index (χ3v) is 4.81. The summed E-state index contributed by atoms with van der Waals surface area (Å²) in [6.45, 7) is 6.88. The van der Waals surface area contributed by atoms with Crippen LogP contribution in [0.4, 0.5) is 14.9 Å². The number of anilines is 1. The Morgan fingerprint density at radius 3 is 2.39 bits per heavy atom. The quantitative estimate of drug-likeness (QED) is 0.459. The highest BCUT2D eigenvalue weighted by molar-refractivity contribution is 5.88. The molecule has 0 bridgehead atoms. The summed E-state index contributed by atoms with van der Waals surface area (Å²) < 4.78 is 24.1. The summed E-state index contributed by atoms with van der Waals surface area (Å²) in [4.78, 5) is 18.5. The molecule has 0 spiro atoms. The number of carbonyl (C=O) groups is 1. The van der Waals surface area contributed by atoms with Gasteiger partial charge in [0.25, 0.3) is 0 Å². The predicted octanol–water partition coefficient (Wildman–Crippen LogP) is 6.40. The molecule has 0 fully saturated rings. The Hall–Kier alpha value is -3.15. The van der Waals surface area contributed by atoms with Crippen LogP contribution >= 0.6 is 0 Å². The second-order valence-corrected chi connectivity index (χ2v) is 8.44. The summed E-state index contributed by atoms with van der Waals surface area (Å²) in [5, 5.41) is 0.977. The molecule has 6 heteroatoms. The molecule has 1 amide bonds. The lowest BCUT2D eigenvalue weighted by molar-refractivity contribution is 0.0589. The predicted molar refractivity (Wildman–Crippen MR) is 122 cm³/mol. The maximum atomic E-state index is 13.0. The zero-order valence-corrected chi connectivity index (χ0v) is 18.7. The molecule has 31 heavy (non-hydrogen) atoms. The van der Waals surface area contributed by atoms with Gasteiger partial charge in [-0.2, -0.15) is 0 Å². The minimum absolute atomic E-state index is 0.407. The summed E-state index contributed by atoms with van der Waals surface area (Å²) in [5.41, 5.74) is 2.67. The lowest BCUT2D eigenvalue weighted by atomic mass is 10.1. The maximum Gasteiger partial charge on any atom is 0.414 e. The van der Waals surface area contributed by atoms with Crippen LogP contribution in [0.1, 0.15) is 34.1 Å². The fourth-order valence-electron chi connectivity index (χ4n) is 3.04. The number of pyridine rings is 1. The number of hydrogen-bond acceptors (Lipinski definition) is 4. The zero-order chi connectivity index (χ0) is 22.6. The van der Waals surface area contributed by atoms with E-state index >= 15 is 0 Å². The number of benzene rings is 2. The number of rotatable bonds is 6. The standard InChI is InChI=1S/C25H29FN2O3/c1-6-20(16-26)30-21-13-9-18-10-14-22(27-23(18)15-21)17-7-11-19(12-8-17)28(5)24(29)31-25(2,3)4/h7-15,20H,6,16H2,1-5H3. The molecule has 0 aliphatic rings. The first kappa shape index (κ1) is 22.5. The average molecular weight is 425 g/mol. The third-order valence-electron chi connectivity index (χ3n) is 4.81. The first-order chi connectivity index (χ1) is 14.7. The highest BCUT2D eigenvalue weighted by atomic mass is 19.1. The minimum Gasteiger partial charge on any atom is -0.488 e. The van der Waals surface area contributed by atoms with Crippen molar-refractivity contribution in [1.29, 1.82) is 0 Å². The highest BCUT2D eigenvalue weighted by Crippen LogP contribution is 2.27. The Morgan fingerprint density at radius 2 is 1.77 bits per heavy atom. The monoisotopic (exact) mass is 424 g/mol. The van der Waals surface area contributed by atoms with Gasteiger partial charge < -0.3 is 9.47 Å². The summed E-state index contributed by atoms with van der Waals surface area (Å²) in [6, 6.07) is 17.1. The smallest absolute Gasteiger partial charge is 0.414 e. The molecule has 3 rings (SSSR count). The van der Waals surface area contributed by atoms with Crippen LogP contribution in [-0.2, 0) is 4.74 Å². The van der Waals surface area contributed by atoms with Crippen molar-refractivity contribution in [3.05, 3.63) is 54.6 Å². The van der Waals surface area contributed by atoms with Gasteiger partial charge in [0.15, 0.2) is 0 Å². The average Bonchev–Trinajstić information content (AvgIpc) is 2.75. The Bertz CT molecular complexity index is 1040. The third kappa shape index (κ3) is 5.72. The molecule has 1 heterocycles. The van der Waals surface area contributed by atoms with E-state index in [-0.39, 0.29) is 0 Å². The fraction of sp³-hybridized carbons (Fsp3) is 0.360. The summed E-state index contributed by atoms with van der Waals surface area (Å²) in [5.74, 6) is 0.607. The van der Waals surface area contributed by atoms with Crippen LogP contribution in [0, 0.1) is 0 Å². The van der Waals surface area contributed by atoms with Crippen LogP contribution in [0.15, 0.2) is 54.6 Å². The van der Waals surface area contributed by atoms with E-state index in [4.69, 9.17) is 14.5 Å². The molecule has 0 aliphatic heterocycles. The number of fused-ring (bicyclic) bond motifs is 1. The topological polar surface area (TPSA) is 51.7 Å². The summed E-state index contributed by atoms with van der Waals surface area (Å²) >= 11 is 0. The molecule has 0 radical (unpaired) electrons. The van der Waals surface area contributed by atoms with Crippen LogP contribution in [0.3, 0.4) is 0 Å². The number of halogens is 1. The Kier molecular flexibility index (Phi) is 6.78. The van der Waals surface area contributed by atoms with E-state index in [1.165, 1.54) is 4.90 Å². The van der Waals surface area contributed by atoms with Gasteiger partial charge in [-0.3, -0.25) is 4.90 Å². The van der Waals surface area contributed by atoms with Gasteiger partial charge in [0.05, 0.1) is 11.2 Å². The van der Waals surface area contributed by atoms with E-state index in [0.29, 0.717) is 12.2 Å². The van der Waals surface area contributed by atoms with Gasteiger partial charge in [0.1, 0.15) is 24.1 Å². The number of ether oxygens (including phenoxy) is 2. The number of aromatic nitrogens is 1. The molecular weight excluding hydrogens is 395 g/mol. The van der Waals surface area contributed by atoms with E-state index in [9.17, 15) is 9.18 Å². The van der Waals surface area contributed by atoms with Crippen LogP contribution in [0.25, 0.3) is 22.2 Å². The van der Waals surface area contributed by atoms with E-state index in [2.05, 4.69) is 0 Å². The van der Waals surface area contributed by atoms with Crippen molar-refractivity contribution in [3.8, 4) is 17.0 Å². The highest BCUT2D eigenvalue weighted by Gasteiger charge is 2.20. The lowest BCUT2D eigenvalue weighted by Gasteiger charge is -2.24. The number of carbonyl (C=O) groups excluding carboxylic acids is 1. The zero-order valence-electron chi connectivity index (χ0n) is 18.7. The van der Waals surface area contributed by atoms with Gasteiger partial charge >= 0.3 is 6.09 Å². The summed E-state index contributed by atoms with van der Waals surface area (Å²) in [6.07, 6.45) is -0.253. The molecule has 2 aromatic carbocycles. The van der Waals surface area contributed by atoms with E-state index in [0.717, 1.165) is 27.8 Å². The first-order valence-electron chi connectivity index (χ1n) is 10.4. The maximum absolute atomic E-state index is 13.0. The Balaban J connectivity index is 1.82. The van der Waals surface area contributed by atoms with Gasteiger partial charge in [0.2, 0.25) is 0 Å². The largest absolute Gasteiger partial charge is 0.488 e. The van der Waals surface area contributed by atoms with E-state index in [1.807, 2.05) is 82.3 Å². The number of amides is 1. The van der Waals surface area contributed by atoms with Crippen LogP contribution < -0.4 is 9.64 Å². The van der Waals surface area contributed by atoms with E-state index in [1.54, 1.807) is 7.05 Å². The van der Waals surface area contributed by atoms with Crippen molar-refractivity contribution < 1.29 is 18.7 Å². The molecular formula is C25H29FN2O3. The second-order valence-electron chi connectivity index (χ2n) is 8.44. The van der Waals surface area contributed by atoms with Crippen molar-refractivity contribution in [2.24, 2.45) is 0 Å². The van der Waals surface area contributed by atoms with Crippen molar-refractivity contribution in [1.82, 2.24) is 4.98 Å². The van der Waals surface area contributed by atoms with E-state index < -0.39 is 24.5 Å². The fourth-order valence-corrected chi connectivity index (χ4v) is 3.04. The molecule has 164 valence electrons. The van der Waals surface area contributed by atoms with Crippen molar-refractivity contribution >= 4 is 22.7 Å². The number of alkyl halides is 1. The van der Waals surface area contributed by atoms with Crippen molar-refractivity contribution in [3.63, 3.8) is 0 Å². The van der Waals surface area contributed by atoms with Crippen molar-refractivity contribution in [2.75, 3.05) is 18.6 Å². The Morgan fingerprint density at radius 1 is 1.10 bits per heavy atom. The molecule has 1 aromatic heterocycles. The van der Waals surface area contributed by atoms with Gasteiger partial charge in [-0.05, 0) is 57.5 Å². The number of hydrogen-bond donors (Lipinski definition) is 0. The first-order valence-corrected chi connectivity index (χ1v) is 10.4. The van der Waals surface area contributed by atoms with Crippen LogP contribution in [-0.4, -0.2) is 36.5 Å². The molecule has 0 saturated carbocycles. The second kappa shape index (κ2) is 9.33. The SMILES string of the molecule is CCC(CF)Oc1ccc2ccc(-c3ccc(N(C)C(=O)OC(C)(C)C)cc3)nc2c1. The normalized spacial score (nSPS) is 12.5. The van der Waals surface area contributed by atoms with Crippen molar-refractivity contribution in [2.45, 2.75) is 45.8 Å². The minimum atomic E-state index is -0.551. The Labute approximate surface area is 182 Å². The van der Waals surface area contributed by atoms with Gasteiger partial charge in [-0.1, -0.05) is 25.1 Å². The molecule has 3 aromatic rings. The van der Waals surface area contributed by atoms with Gasteiger partial charge in [0, 0.05) is 29.8 Å². The van der Waals surface area contributed by atoms with Gasteiger partial charge in [-0.25, -0.2) is 14.2 Å². The molecule has 0 aliphatic carbocycles. The van der Waals surface area contributed by atoms with Crippen LogP contribution in [0.5, 0.6) is 5.75 Å². The van der Waals surface area contributed by atoms with Gasteiger partial charge in [-0.15, -0.1) is 0 Å². The summed E-state index contributed by atoms with van der Waals surface area (Å²) in [7, 11) is 1.68. The molecule has 1 atom stereocenters.